The predicted molar refractivity (Wildman–Crippen MR) is 146 cm³/mol. The van der Waals surface area contributed by atoms with Crippen LogP contribution < -0.4 is 0 Å². The maximum atomic E-state index is 2.38. The zero-order valence-corrected chi connectivity index (χ0v) is 19.6. The van der Waals surface area contributed by atoms with E-state index in [0.717, 1.165) is 6.42 Å². The predicted octanol–water partition coefficient (Wildman–Crippen LogP) is 8.99. The highest BCUT2D eigenvalue weighted by Gasteiger charge is 2.14. The van der Waals surface area contributed by atoms with E-state index in [0.29, 0.717) is 0 Å². The molecule has 0 radical (unpaired) electrons. The van der Waals surface area contributed by atoms with E-state index in [9.17, 15) is 0 Å². The Morgan fingerprint density at radius 3 is 1.62 bits per heavy atom. The number of aryl methyl sites for hydroxylation is 1. The third kappa shape index (κ3) is 3.33. The van der Waals surface area contributed by atoms with Crippen molar-refractivity contribution in [3.8, 4) is 27.9 Å². The standard InChI is InChI=1S/C33H27N/c1-3-27-30(24-11-5-4-6-12-24)21-23(2)22-31(27)25-17-19-26(20-18-25)34-32-15-9-7-13-28(32)29-14-8-10-16-33(29)34/h4-22H,3H2,1-2H3. The molecule has 0 saturated carbocycles. The van der Waals surface area contributed by atoms with Crippen LogP contribution in [0.2, 0.25) is 0 Å². The van der Waals surface area contributed by atoms with Crippen LogP contribution in [0.15, 0.2) is 115 Å². The van der Waals surface area contributed by atoms with Gasteiger partial charge in [-0.2, -0.15) is 0 Å². The molecule has 0 unspecified atom stereocenters. The van der Waals surface area contributed by atoms with Crippen LogP contribution in [-0.2, 0) is 6.42 Å². The van der Waals surface area contributed by atoms with Crippen molar-refractivity contribution in [3.05, 3.63) is 126 Å². The molecule has 0 saturated heterocycles. The molecular formula is C33H27N. The fourth-order valence-corrected chi connectivity index (χ4v) is 5.32. The van der Waals surface area contributed by atoms with E-state index >= 15 is 0 Å². The quantitative estimate of drug-likeness (QED) is 0.259. The van der Waals surface area contributed by atoms with Gasteiger partial charge in [-0.05, 0) is 71.0 Å². The summed E-state index contributed by atoms with van der Waals surface area (Å²) in [6.45, 7) is 4.45. The molecule has 5 aromatic carbocycles. The van der Waals surface area contributed by atoms with Gasteiger partial charge in [0.25, 0.3) is 0 Å². The summed E-state index contributed by atoms with van der Waals surface area (Å²) < 4.78 is 2.38. The van der Waals surface area contributed by atoms with Crippen LogP contribution in [0.4, 0.5) is 0 Å². The zero-order valence-electron chi connectivity index (χ0n) is 19.6. The number of fused-ring (bicyclic) bond motifs is 3. The van der Waals surface area contributed by atoms with E-state index in [1.165, 1.54) is 60.9 Å². The summed E-state index contributed by atoms with van der Waals surface area (Å²) in [5.41, 5.74) is 11.6. The number of nitrogens with zero attached hydrogens (tertiary/aromatic N) is 1. The van der Waals surface area contributed by atoms with E-state index in [2.05, 4.69) is 134 Å². The first-order valence-corrected chi connectivity index (χ1v) is 12.0. The van der Waals surface area contributed by atoms with Gasteiger partial charge in [-0.1, -0.05) is 97.9 Å². The fraction of sp³-hybridized carbons (Fsp3) is 0.0909. The molecule has 0 atom stereocenters. The smallest absolute Gasteiger partial charge is 0.0541 e. The van der Waals surface area contributed by atoms with E-state index in [1.807, 2.05) is 0 Å². The number of para-hydroxylation sites is 2. The first-order valence-electron chi connectivity index (χ1n) is 12.0. The second-order valence-corrected chi connectivity index (χ2v) is 8.97. The average molecular weight is 438 g/mol. The van der Waals surface area contributed by atoms with Gasteiger partial charge in [-0.15, -0.1) is 0 Å². The summed E-state index contributed by atoms with van der Waals surface area (Å²) in [7, 11) is 0. The van der Waals surface area contributed by atoms with Gasteiger partial charge >= 0.3 is 0 Å². The van der Waals surface area contributed by atoms with Gasteiger partial charge < -0.3 is 4.57 Å². The SMILES string of the molecule is CCc1c(-c2ccccc2)cc(C)cc1-c1ccc(-n2c3ccccc3c3ccccc32)cc1. The van der Waals surface area contributed by atoms with Crippen molar-refractivity contribution in [1.29, 1.82) is 0 Å². The van der Waals surface area contributed by atoms with Gasteiger partial charge in [-0.25, -0.2) is 0 Å². The Labute approximate surface area is 200 Å². The van der Waals surface area contributed by atoms with Crippen LogP contribution in [0.1, 0.15) is 18.1 Å². The van der Waals surface area contributed by atoms with Crippen molar-refractivity contribution in [2.75, 3.05) is 0 Å². The second-order valence-electron chi connectivity index (χ2n) is 8.97. The Hall–Kier alpha value is -4.10. The molecule has 1 nitrogen and oxygen atoms in total. The highest BCUT2D eigenvalue weighted by atomic mass is 15.0. The third-order valence-corrected chi connectivity index (χ3v) is 6.85. The molecule has 6 rings (SSSR count). The molecule has 6 aromatic rings. The molecule has 34 heavy (non-hydrogen) atoms. The monoisotopic (exact) mass is 437 g/mol. The van der Waals surface area contributed by atoms with Crippen LogP contribution in [-0.4, -0.2) is 4.57 Å². The average Bonchev–Trinajstić information content (AvgIpc) is 3.23. The van der Waals surface area contributed by atoms with E-state index in [-0.39, 0.29) is 0 Å². The van der Waals surface area contributed by atoms with Gasteiger partial charge in [0, 0.05) is 16.5 Å². The minimum Gasteiger partial charge on any atom is -0.309 e. The first-order chi connectivity index (χ1) is 16.7. The highest BCUT2D eigenvalue weighted by Crippen LogP contribution is 2.36. The van der Waals surface area contributed by atoms with E-state index in [4.69, 9.17) is 0 Å². The molecule has 1 aromatic heterocycles. The molecule has 1 heterocycles. The number of hydrogen-bond acceptors (Lipinski definition) is 0. The molecule has 1 heteroatoms. The topological polar surface area (TPSA) is 4.93 Å². The zero-order chi connectivity index (χ0) is 23.1. The van der Waals surface area contributed by atoms with Gasteiger partial charge in [0.05, 0.1) is 11.0 Å². The summed E-state index contributed by atoms with van der Waals surface area (Å²) in [4.78, 5) is 0. The number of benzene rings is 5. The Morgan fingerprint density at radius 2 is 1.06 bits per heavy atom. The Kier molecular flexibility index (Phi) is 5.04. The lowest BCUT2D eigenvalue weighted by atomic mass is 9.88. The van der Waals surface area contributed by atoms with Crippen molar-refractivity contribution in [2.45, 2.75) is 20.3 Å². The van der Waals surface area contributed by atoms with Gasteiger partial charge in [-0.3, -0.25) is 0 Å². The van der Waals surface area contributed by atoms with E-state index < -0.39 is 0 Å². The molecule has 0 fully saturated rings. The normalized spacial score (nSPS) is 11.4. The Morgan fingerprint density at radius 1 is 0.559 bits per heavy atom. The van der Waals surface area contributed by atoms with Gasteiger partial charge in [0.1, 0.15) is 0 Å². The van der Waals surface area contributed by atoms with Crippen LogP contribution in [0.5, 0.6) is 0 Å². The number of aromatic nitrogens is 1. The highest BCUT2D eigenvalue weighted by molar-refractivity contribution is 6.09. The minimum atomic E-state index is 0.995. The lowest BCUT2D eigenvalue weighted by Gasteiger charge is -2.17. The fourth-order valence-electron chi connectivity index (χ4n) is 5.32. The molecule has 0 spiro atoms. The second kappa shape index (κ2) is 8.35. The maximum absolute atomic E-state index is 2.38. The van der Waals surface area contributed by atoms with Crippen LogP contribution in [0, 0.1) is 6.92 Å². The van der Waals surface area contributed by atoms with E-state index in [1.54, 1.807) is 0 Å². The summed E-state index contributed by atoms with van der Waals surface area (Å²) in [6, 6.07) is 41.8. The third-order valence-electron chi connectivity index (χ3n) is 6.85. The summed E-state index contributed by atoms with van der Waals surface area (Å²) in [6.07, 6.45) is 0.995. The van der Waals surface area contributed by atoms with Crippen LogP contribution in [0.25, 0.3) is 49.7 Å². The van der Waals surface area contributed by atoms with Gasteiger partial charge in [0.15, 0.2) is 0 Å². The van der Waals surface area contributed by atoms with Crippen molar-refractivity contribution in [3.63, 3.8) is 0 Å². The number of rotatable bonds is 4. The minimum absolute atomic E-state index is 0.995. The Bertz CT molecular complexity index is 1570. The summed E-state index contributed by atoms with van der Waals surface area (Å²) in [5, 5.41) is 2.59. The Balaban J connectivity index is 1.51. The van der Waals surface area contributed by atoms with Crippen molar-refractivity contribution in [1.82, 2.24) is 4.57 Å². The largest absolute Gasteiger partial charge is 0.309 e. The first kappa shape index (κ1) is 20.5. The lowest BCUT2D eigenvalue weighted by molar-refractivity contribution is 1.14. The van der Waals surface area contributed by atoms with Crippen LogP contribution >= 0.6 is 0 Å². The number of hydrogen-bond donors (Lipinski definition) is 0. The summed E-state index contributed by atoms with van der Waals surface area (Å²) >= 11 is 0. The lowest BCUT2D eigenvalue weighted by Crippen LogP contribution is -1.96. The summed E-state index contributed by atoms with van der Waals surface area (Å²) in [5.74, 6) is 0. The maximum Gasteiger partial charge on any atom is 0.0541 e. The van der Waals surface area contributed by atoms with Crippen molar-refractivity contribution >= 4 is 21.8 Å². The molecular weight excluding hydrogens is 410 g/mol. The molecule has 0 aliphatic carbocycles. The molecule has 164 valence electrons. The molecule has 0 aliphatic heterocycles. The molecule has 0 aliphatic rings. The molecule has 0 N–H and O–H groups in total. The van der Waals surface area contributed by atoms with Crippen molar-refractivity contribution in [2.24, 2.45) is 0 Å². The van der Waals surface area contributed by atoms with Crippen molar-refractivity contribution < 1.29 is 0 Å². The van der Waals surface area contributed by atoms with Gasteiger partial charge in [0.2, 0.25) is 0 Å². The molecule has 0 bridgehead atoms. The molecule has 0 amide bonds. The van der Waals surface area contributed by atoms with Crippen LogP contribution in [0.3, 0.4) is 0 Å².